The number of hydrazine groups is 1. The first-order chi connectivity index (χ1) is 21.1. The largest absolute Gasteiger partial charge is 0.748 e. The number of rotatable bonds is 19. The van der Waals surface area contributed by atoms with Gasteiger partial charge in [-0.2, -0.15) is 4.33 Å². The molecule has 244 valence electrons. The Labute approximate surface area is 262 Å². The number of oxazole rings is 1. The molecule has 0 atom stereocenters. The molecule has 3 aromatic rings. The van der Waals surface area contributed by atoms with Crippen molar-refractivity contribution in [3.8, 4) is 28.5 Å². The lowest BCUT2D eigenvalue weighted by molar-refractivity contribution is -0.894. The number of benzene rings is 1. The van der Waals surface area contributed by atoms with Crippen molar-refractivity contribution in [3.05, 3.63) is 61.3 Å². The van der Waals surface area contributed by atoms with Crippen LogP contribution in [0.25, 0.3) is 22.8 Å². The fourth-order valence-electron chi connectivity index (χ4n) is 3.95. The zero-order valence-electron chi connectivity index (χ0n) is 25.2. The first kappa shape index (κ1) is 37.1. The number of hydrogen-bond acceptors (Lipinski definition) is 13. The number of aryl methyl sites for hydroxylation is 1. The molecule has 0 unspecified atom stereocenters. The third-order valence-corrected chi connectivity index (χ3v) is 7.81. The van der Waals surface area contributed by atoms with Crippen LogP contribution in [0.4, 0.5) is 0 Å². The number of quaternary nitrogens is 1. The molecule has 0 radical (unpaired) electrons. The van der Waals surface area contributed by atoms with Gasteiger partial charge in [-0.3, -0.25) is 5.04 Å². The summed E-state index contributed by atoms with van der Waals surface area (Å²) in [5, 5.41) is 13.8. The zero-order valence-corrected chi connectivity index (χ0v) is 26.8. The van der Waals surface area contributed by atoms with Crippen LogP contribution in [0, 0.1) is 0 Å². The third-order valence-electron chi connectivity index (χ3n) is 6.40. The highest BCUT2D eigenvalue weighted by molar-refractivity contribution is 7.94. The van der Waals surface area contributed by atoms with Gasteiger partial charge in [-0.1, -0.05) is 12.2 Å². The van der Waals surface area contributed by atoms with Crippen molar-refractivity contribution in [1.29, 1.82) is 0 Å². The minimum atomic E-state index is -4.23. The van der Waals surface area contributed by atoms with Crippen molar-refractivity contribution < 1.29 is 51.1 Å². The molecule has 0 saturated carbocycles. The smallest absolute Gasteiger partial charge is 0.227 e. The lowest BCUT2D eigenvalue weighted by Crippen LogP contribution is -3.11. The Balaban J connectivity index is 0.000000860. The maximum atomic E-state index is 10.7. The number of nitrogens with one attached hydrogen (secondary N) is 2. The maximum absolute atomic E-state index is 10.7. The molecule has 0 spiro atoms. The number of allylic oxidation sites excluding steroid dienone is 1. The Bertz CT molecular complexity index is 1360. The van der Waals surface area contributed by atoms with Crippen molar-refractivity contribution in [2.45, 2.75) is 51.5 Å². The standard InChI is InChI=1S/C22H26N4O9S2.C6H15N/c1-16(33-25-23)4-2-12-31-19-6-5-18(14-21(19)36-35-34-27)20-15-24-22(32-20)17-7-10-26(11-8-17)9-3-13-37(28,29)30;1-4-7(5-2)6-3/h5-8,10-11,14-15,23-24H,1-4,9,12-13H2,(H2,27,28,29,30);4-6H2,1-3H3. The van der Waals surface area contributed by atoms with Gasteiger partial charge in [-0.05, 0) is 45.4 Å². The summed E-state index contributed by atoms with van der Waals surface area (Å²) in [6, 6.07) is 8.71. The van der Waals surface area contributed by atoms with E-state index in [9.17, 15) is 18.2 Å². The van der Waals surface area contributed by atoms with E-state index in [1.54, 1.807) is 58.4 Å². The molecule has 3 rings (SSSR count). The first-order valence-electron chi connectivity index (χ1n) is 14.1. The number of pyridine rings is 1. The average molecular weight is 656 g/mol. The molecule has 16 heteroatoms. The predicted molar refractivity (Wildman–Crippen MR) is 160 cm³/mol. The number of hydrogen-bond donors (Lipinski definition) is 3. The van der Waals surface area contributed by atoms with Crippen molar-refractivity contribution in [2.24, 2.45) is 5.84 Å². The summed E-state index contributed by atoms with van der Waals surface area (Å²) in [5.41, 5.74) is 3.42. The molecule has 14 nitrogen and oxygen atoms in total. The first-order valence-corrected chi connectivity index (χ1v) is 16.4. The predicted octanol–water partition coefficient (Wildman–Crippen LogP) is 1.46. The second-order valence-corrected chi connectivity index (χ2v) is 11.6. The van der Waals surface area contributed by atoms with E-state index < -0.39 is 15.9 Å². The monoisotopic (exact) mass is 655 g/mol. The molecule has 2 aromatic heterocycles. The van der Waals surface area contributed by atoms with Crippen LogP contribution in [-0.2, 0) is 30.9 Å². The van der Waals surface area contributed by atoms with Gasteiger partial charge in [0.05, 0.1) is 59.5 Å². The Morgan fingerprint density at radius 2 is 1.84 bits per heavy atom. The fraction of sp³-hybridized carbons (Fsp3) is 0.429. The molecular formula is C28H41N5O9S2. The normalized spacial score (nSPS) is 11.2. The Hall–Kier alpha value is -3.06. The van der Waals surface area contributed by atoms with E-state index in [4.69, 9.17) is 19.8 Å². The Kier molecular flexibility index (Phi) is 16.9. The van der Waals surface area contributed by atoms with Gasteiger partial charge in [0.1, 0.15) is 18.1 Å². The summed E-state index contributed by atoms with van der Waals surface area (Å²) in [4.78, 5) is 11.3. The van der Waals surface area contributed by atoms with Crippen molar-refractivity contribution in [2.75, 3.05) is 32.0 Å². The number of nitrogens with zero attached hydrogens (tertiary/aromatic N) is 2. The van der Waals surface area contributed by atoms with E-state index in [0.717, 1.165) is 0 Å². The van der Waals surface area contributed by atoms with E-state index in [-0.39, 0.29) is 6.42 Å². The van der Waals surface area contributed by atoms with Crippen LogP contribution in [0.15, 0.2) is 70.6 Å². The summed E-state index contributed by atoms with van der Waals surface area (Å²) >= 11 is 0.690. The Morgan fingerprint density at radius 1 is 1.14 bits per heavy atom. The van der Waals surface area contributed by atoms with Crippen LogP contribution in [0.5, 0.6) is 5.75 Å². The molecule has 44 heavy (non-hydrogen) atoms. The fourth-order valence-corrected chi connectivity index (χ4v) is 4.91. The summed E-state index contributed by atoms with van der Waals surface area (Å²) in [6.45, 7) is 14.9. The third kappa shape index (κ3) is 13.7. The van der Waals surface area contributed by atoms with Gasteiger partial charge < -0.3 is 28.7 Å². The molecule has 0 aliphatic rings. The highest BCUT2D eigenvalue weighted by Crippen LogP contribution is 2.35. The zero-order chi connectivity index (χ0) is 32.4. The van der Waals surface area contributed by atoms with Gasteiger partial charge >= 0.3 is 0 Å². The minimum Gasteiger partial charge on any atom is -0.748 e. The molecular weight excluding hydrogens is 614 g/mol. The van der Waals surface area contributed by atoms with E-state index in [0.29, 0.717) is 77.2 Å². The van der Waals surface area contributed by atoms with Gasteiger partial charge in [0.2, 0.25) is 5.89 Å². The van der Waals surface area contributed by atoms with Gasteiger partial charge in [-0.25, -0.2) is 23.8 Å². The maximum Gasteiger partial charge on any atom is 0.227 e. The summed E-state index contributed by atoms with van der Waals surface area (Å²) in [5.74, 6) is 6.40. The molecule has 2 heterocycles. The molecule has 0 aliphatic carbocycles. The van der Waals surface area contributed by atoms with Gasteiger partial charge in [-0.15, -0.1) is 0 Å². The number of aromatic nitrogens is 2. The van der Waals surface area contributed by atoms with Gasteiger partial charge in [0.15, 0.2) is 18.2 Å². The quantitative estimate of drug-likeness (QED) is 0.0246. The molecule has 0 saturated heterocycles. The molecule has 0 bridgehead atoms. The second kappa shape index (κ2) is 20.1. The van der Waals surface area contributed by atoms with Crippen LogP contribution >= 0.6 is 12.0 Å². The van der Waals surface area contributed by atoms with Crippen LogP contribution in [0.2, 0.25) is 0 Å². The lowest BCUT2D eigenvalue weighted by Gasteiger charge is -2.13. The molecule has 1 aromatic carbocycles. The van der Waals surface area contributed by atoms with Gasteiger partial charge in [0, 0.05) is 41.9 Å². The van der Waals surface area contributed by atoms with E-state index in [1.807, 2.05) is 0 Å². The van der Waals surface area contributed by atoms with Crippen LogP contribution < -0.4 is 30.9 Å². The summed E-state index contributed by atoms with van der Waals surface area (Å²) in [6.07, 6.45) is 6.38. The SMILES string of the molecule is C=C(CCCOc1ccc(-c2cnc(-c3cc[n+](CCCS(=O)(=O)[O-])cc3)o2)cc1SOO[O-])ONN.CC[NH+](CC)CC. The van der Waals surface area contributed by atoms with Crippen LogP contribution in [0.1, 0.15) is 40.0 Å². The molecule has 4 N–H and O–H groups in total. The van der Waals surface area contributed by atoms with Crippen LogP contribution in [-0.4, -0.2) is 49.9 Å². The summed E-state index contributed by atoms with van der Waals surface area (Å²) in [7, 11) is -4.23. The van der Waals surface area contributed by atoms with Crippen LogP contribution in [0.3, 0.4) is 0 Å². The average Bonchev–Trinajstić information content (AvgIpc) is 3.50. The number of ether oxygens (including phenoxy) is 1. The highest BCUT2D eigenvalue weighted by atomic mass is 32.2. The second-order valence-electron chi connectivity index (χ2n) is 9.37. The van der Waals surface area contributed by atoms with Crippen molar-refractivity contribution in [1.82, 2.24) is 10.6 Å². The minimum absolute atomic E-state index is 0.218. The van der Waals surface area contributed by atoms with E-state index >= 15 is 0 Å². The number of nitrogens with two attached hydrogens (primary N) is 1. The topological polar surface area (TPSA) is 190 Å². The van der Waals surface area contributed by atoms with Gasteiger partial charge in [0.25, 0.3) is 0 Å². The van der Waals surface area contributed by atoms with E-state index in [1.165, 1.54) is 19.6 Å². The van der Waals surface area contributed by atoms with Crippen molar-refractivity contribution in [3.63, 3.8) is 0 Å². The molecule has 0 fully saturated rings. The summed E-state index contributed by atoms with van der Waals surface area (Å²) < 4.78 is 50.1. The lowest BCUT2D eigenvalue weighted by atomic mass is 10.2. The molecule has 0 aliphatic heterocycles. The molecule has 0 amide bonds. The van der Waals surface area contributed by atoms with E-state index in [2.05, 4.69) is 47.3 Å². The van der Waals surface area contributed by atoms with Crippen molar-refractivity contribution >= 4 is 22.2 Å². The Morgan fingerprint density at radius 3 is 2.43 bits per heavy atom. The highest BCUT2D eigenvalue weighted by Gasteiger charge is 2.14.